The molecule has 0 saturated heterocycles. The molecule has 0 aliphatic heterocycles. The zero-order valence-corrected chi connectivity index (χ0v) is 14.2. The lowest BCUT2D eigenvalue weighted by molar-refractivity contribution is -0.139. The molecule has 0 spiro atoms. The van der Waals surface area contributed by atoms with Crippen LogP contribution < -0.4 is 5.32 Å². The second-order valence-corrected chi connectivity index (χ2v) is 5.89. The Morgan fingerprint density at radius 1 is 1.29 bits per heavy atom. The number of hydrogen-bond acceptors (Lipinski definition) is 5. The number of nitrogens with one attached hydrogen (secondary N) is 1. The lowest BCUT2D eigenvalue weighted by Gasteiger charge is -2.09. The summed E-state index contributed by atoms with van der Waals surface area (Å²) in [6.07, 6.45) is 0. The van der Waals surface area contributed by atoms with Gasteiger partial charge in [0.2, 0.25) is 5.91 Å². The topological polar surface area (TPSA) is 73.2 Å². The number of esters is 1. The van der Waals surface area contributed by atoms with Gasteiger partial charge in [0.1, 0.15) is 11.6 Å². The maximum absolute atomic E-state index is 13.0. The largest absolute Gasteiger partial charge is 0.465 e. The molecule has 1 N–H and O–H groups in total. The predicted octanol–water partition coefficient (Wildman–Crippen LogP) is 2.55. The first-order valence-electron chi connectivity index (χ1n) is 7.35. The number of anilines is 1. The molecule has 1 aromatic carbocycles. The summed E-state index contributed by atoms with van der Waals surface area (Å²) in [6.45, 7) is 3.85. The van der Waals surface area contributed by atoms with Crippen molar-refractivity contribution < 1.29 is 18.7 Å². The Morgan fingerprint density at radius 3 is 2.67 bits per heavy atom. The molecular weight excluding hydrogens is 333 g/mol. The number of benzene rings is 1. The third kappa shape index (κ3) is 5.09. The average Bonchev–Trinajstić information content (AvgIpc) is 2.88. The van der Waals surface area contributed by atoms with Crippen LogP contribution in [0, 0.1) is 12.7 Å². The number of ether oxygens (including phenoxy) is 1. The summed E-state index contributed by atoms with van der Waals surface area (Å²) in [5.41, 5.74) is 1.35. The molecule has 1 amide bonds. The lowest BCUT2D eigenvalue weighted by Crippen LogP contribution is -2.18. The Bertz CT molecular complexity index is 716. The molecule has 0 saturated carbocycles. The van der Waals surface area contributed by atoms with E-state index in [1.54, 1.807) is 32.0 Å². The lowest BCUT2D eigenvalue weighted by atomic mass is 10.3. The molecule has 2 aromatic rings. The van der Waals surface area contributed by atoms with Crippen molar-refractivity contribution in [1.29, 1.82) is 0 Å². The van der Waals surface area contributed by atoms with Gasteiger partial charge in [-0.3, -0.25) is 9.59 Å². The van der Waals surface area contributed by atoms with Crippen LogP contribution >= 0.6 is 11.8 Å². The number of aromatic nitrogens is 2. The number of nitrogens with zero attached hydrogens (tertiary/aromatic N) is 2. The SMILES string of the molecule is CCOC(=O)CSCC(=O)Nc1cc(C)nn1-c1ccc(F)cc1. The Hall–Kier alpha value is -2.35. The smallest absolute Gasteiger partial charge is 0.315 e. The van der Waals surface area contributed by atoms with E-state index in [-0.39, 0.29) is 29.2 Å². The van der Waals surface area contributed by atoms with Gasteiger partial charge < -0.3 is 10.1 Å². The molecule has 0 unspecified atom stereocenters. The van der Waals surface area contributed by atoms with Gasteiger partial charge in [0.25, 0.3) is 0 Å². The molecule has 0 atom stereocenters. The second-order valence-electron chi connectivity index (χ2n) is 4.91. The van der Waals surface area contributed by atoms with Crippen LogP contribution in [0.4, 0.5) is 10.2 Å². The first-order valence-corrected chi connectivity index (χ1v) is 8.51. The van der Waals surface area contributed by atoms with Crippen LogP contribution in [0.5, 0.6) is 0 Å². The number of rotatable bonds is 7. The van der Waals surface area contributed by atoms with Crippen LogP contribution in [0.15, 0.2) is 30.3 Å². The van der Waals surface area contributed by atoms with E-state index in [1.807, 2.05) is 0 Å². The quantitative estimate of drug-likeness (QED) is 0.776. The zero-order valence-electron chi connectivity index (χ0n) is 13.4. The Kier molecular flexibility index (Phi) is 6.36. The normalized spacial score (nSPS) is 10.5. The third-order valence-electron chi connectivity index (χ3n) is 2.93. The fraction of sp³-hybridized carbons (Fsp3) is 0.312. The van der Waals surface area contributed by atoms with Gasteiger partial charge in [-0.2, -0.15) is 5.10 Å². The van der Waals surface area contributed by atoms with Crippen molar-refractivity contribution >= 4 is 29.5 Å². The minimum atomic E-state index is -0.345. The number of halogens is 1. The molecule has 0 radical (unpaired) electrons. The minimum Gasteiger partial charge on any atom is -0.465 e. The third-order valence-corrected chi connectivity index (χ3v) is 3.83. The van der Waals surface area contributed by atoms with E-state index >= 15 is 0 Å². The van der Waals surface area contributed by atoms with Gasteiger partial charge in [-0.1, -0.05) is 0 Å². The molecule has 0 bridgehead atoms. The number of hydrogen-bond donors (Lipinski definition) is 1. The molecule has 1 heterocycles. The monoisotopic (exact) mass is 351 g/mol. The van der Waals surface area contributed by atoms with Crippen LogP contribution in [0.25, 0.3) is 5.69 Å². The van der Waals surface area contributed by atoms with Gasteiger partial charge in [-0.25, -0.2) is 9.07 Å². The van der Waals surface area contributed by atoms with Crippen molar-refractivity contribution in [2.45, 2.75) is 13.8 Å². The highest BCUT2D eigenvalue weighted by Crippen LogP contribution is 2.18. The molecule has 6 nitrogen and oxygen atoms in total. The maximum Gasteiger partial charge on any atom is 0.315 e. The van der Waals surface area contributed by atoms with Crippen LogP contribution in [0.2, 0.25) is 0 Å². The number of carbonyl (C=O) groups is 2. The summed E-state index contributed by atoms with van der Waals surface area (Å²) in [7, 11) is 0. The van der Waals surface area contributed by atoms with Crippen molar-refractivity contribution in [2.75, 3.05) is 23.4 Å². The highest BCUT2D eigenvalue weighted by atomic mass is 32.2. The van der Waals surface area contributed by atoms with E-state index in [9.17, 15) is 14.0 Å². The van der Waals surface area contributed by atoms with Crippen LogP contribution in [0.1, 0.15) is 12.6 Å². The minimum absolute atomic E-state index is 0.118. The molecule has 24 heavy (non-hydrogen) atoms. The molecule has 0 fully saturated rings. The van der Waals surface area contributed by atoms with Crippen molar-refractivity contribution in [3.8, 4) is 5.69 Å². The number of aryl methyl sites for hydroxylation is 1. The standard InChI is InChI=1S/C16H18FN3O3S/c1-3-23-16(22)10-24-9-15(21)18-14-8-11(2)19-20(14)13-6-4-12(17)5-7-13/h4-8H,3,9-10H2,1-2H3,(H,18,21). The highest BCUT2D eigenvalue weighted by Gasteiger charge is 2.12. The molecule has 128 valence electrons. The van der Waals surface area contributed by atoms with E-state index in [0.29, 0.717) is 23.8 Å². The predicted molar refractivity (Wildman–Crippen MR) is 90.8 cm³/mol. The van der Waals surface area contributed by atoms with Crippen molar-refractivity contribution in [1.82, 2.24) is 9.78 Å². The summed E-state index contributed by atoms with van der Waals surface area (Å²) in [4.78, 5) is 23.2. The molecular formula is C16H18FN3O3S. The van der Waals surface area contributed by atoms with Crippen molar-refractivity contribution in [3.63, 3.8) is 0 Å². The van der Waals surface area contributed by atoms with Crippen LogP contribution in [0.3, 0.4) is 0 Å². The first kappa shape index (κ1) is 18.0. The van der Waals surface area contributed by atoms with Crippen LogP contribution in [-0.2, 0) is 14.3 Å². The molecule has 0 aliphatic rings. The number of amides is 1. The summed E-state index contributed by atoms with van der Waals surface area (Å²) in [5.74, 6) is -0.219. The van der Waals surface area contributed by atoms with Gasteiger partial charge >= 0.3 is 5.97 Å². The highest BCUT2D eigenvalue weighted by molar-refractivity contribution is 8.00. The summed E-state index contributed by atoms with van der Waals surface area (Å²) in [5, 5.41) is 7.04. The van der Waals surface area contributed by atoms with Gasteiger partial charge in [0, 0.05) is 6.07 Å². The Morgan fingerprint density at radius 2 is 2.00 bits per heavy atom. The fourth-order valence-corrected chi connectivity index (χ4v) is 2.59. The molecule has 2 rings (SSSR count). The average molecular weight is 351 g/mol. The Labute approximate surface area is 143 Å². The van der Waals surface area contributed by atoms with Crippen LogP contribution in [-0.4, -0.2) is 39.8 Å². The van der Waals surface area contributed by atoms with Gasteiger partial charge in [-0.05, 0) is 38.1 Å². The zero-order chi connectivity index (χ0) is 17.5. The van der Waals surface area contributed by atoms with Gasteiger partial charge in [0.15, 0.2) is 0 Å². The van der Waals surface area contributed by atoms with E-state index in [4.69, 9.17) is 4.74 Å². The van der Waals surface area contributed by atoms with E-state index in [1.165, 1.54) is 28.6 Å². The van der Waals surface area contributed by atoms with E-state index in [2.05, 4.69) is 10.4 Å². The van der Waals surface area contributed by atoms with Gasteiger partial charge in [-0.15, -0.1) is 11.8 Å². The summed E-state index contributed by atoms with van der Waals surface area (Å²) >= 11 is 1.17. The molecule has 8 heteroatoms. The number of thioether (sulfide) groups is 1. The van der Waals surface area contributed by atoms with Gasteiger partial charge in [0.05, 0.1) is 29.5 Å². The van der Waals surface area contributed by atoms with E-state index < -0.39 is 0 Å². The molecule has 0 aliphatic carbocycles. The Balaban J connectivity index is 1.98. The maximum atomic E-state index is 13.0. The first-order chi connectivity index (χ1) is 11.5. The second kappa shape index (κ2) is 8.49. The summed E-state index contributed by atoms with van der Waals surface area (Å²) in [6, 6.07) is 7.53. The summed E-state index contributed by atoms with van der Waals surface area (Å²) < 4.78 is 19.4. The van der Waals surface area contributed by atoms with Crippen molar-refractivity contribution in [2.24, 2.45) is 0 Å². The fourth-order valence-electron chi connectivity index (χ4n) is 1.98. The van der Waals surface area contributed by atoms with E-state index in [0.717, 1.165) is 0 Å². The van der Waals surface area contributed by atoms with Crippen molar-refractivity contribution in [3.05, 3.63) is 41.8 Å². The number of carbonyl (C=O) groups excluding carboxylic acids is 2. The molecule has 1 aromatic heterocycles.